The Morgan fingerprint density at radius 2 is 1.95 bits per heavy atom. The van der Waals surface area contributed by atoms with Crippen LogP contribution in [0.15, 0.2) is 48.1 Å². The van der Waals surface area contributed by atoms with Crippen molar-refractivity contribution in [2.75, 3.05) is 6.61 Å². The first-order valence-electron chi connectivity index (χ1n) is 6.59. The number of phenolic OH excluding ortho intramolecular Hbond substituents is 1. The van der Waals surface area contributed by atoms with E-state index in [0.29, 0.717) is 5.56 Å². The predicted octanol–water partition coefficient (Wildman–Crippen LogP) is 2.16. The van der Waals surface area contributed by atoms with Gasteiger partial charge in [-0.3, -0.25) is 4.79 Å². The molecule has 0 aliphatic heterocycles. The number of carbonyl (C=O) groups is 2. The van der Waals surface area contributed by atoms with Crippen LogP contribution in [0.2, 0.25) is 0 Å². The molecule has 1 atom stereocenters. The van der Waals surface area contributed by atoms with Gasteiger partial charge < -0.3 is 14.9 Å². The van der Waals surface area contributed by atoms with Crippen molar-refractivity contribution in [3.8, 4) is 5.75 Å². The van der Waals surface area contributed by atoms with Crippen LogP contribution in [0.5, 0.6) is 5.75 Å². The third-order valence-electron chi connectivity index (χ3n) is 3.46. The summed E-state index contributed by atoms with van der Waals surface area (Å²) >= 11 is 0. The molecule has 0 bridgehead atoms. The van der Waals surface area contributed by atoms with Crippen molar-refractivity contribution in [2.45, 2.75) is 18.8 Å². The number of aromatic hydroxyl groups is 1. The number of phenols is 1. The highest BCUT2D eigenvalue weighted by Gasteiger charge is 2.40. The van der Waals surface area contributed by atoms with Crippen molar-refractivity contribution in [1.82, 2.24) is 0 Å². The number of aliphatic carboxylic acids is 1. The summed E-state index contributed by atoms with van der Waals surface area (Å²) in [4.78, 5) is 23.3. The molecule has 0 heterocycles. The average Bonchev–Trinajstić information content (AvgIpc) is 2.48. The Hall–Kier alpha value is -2.56. The second-order valence-corrected chi connectivity index (χ2v) is 4.74. The molecule has 5 nitrogen and oxygen atoms in total. The van der Waals surface area contributed by atoms with Crippen molar-refractivity contribution in [1.29, 1.82) is 0 Å². The molecule has 0 amide bonds. The van der Waals surface area contributed by atoms with Gasteiger partial charge >= 0.3 is 11.9 Å². The van der Waals surface area contributed by atoms with Gasteiger partial charge in [-0.1, -0.05) is 30.4 Å². The molecule has 1 unspecified atom stereocenters. The lowest BCUT2D eigenvalue weighted by Gasteiger charge is -2.30. The van der Waals surface area contributed by atoms with E-state index in [1.54, 1.807) is 25.1 Å². The molecular weight excluding hydrogens is 272 g/mol. The van der Waals surface area contributed by atoms with Gasteiger partial charge in [0.15, 0.2) is 0 Å². The van der Waals surface area contributed by atoms with Gasteiger partial charge in [-0.2, -0.15) is 0 Å². The molecule has 0 aromatic heterocycles. The predicted molar refractivity (Wildman–Crippen MR) is 75.9 cm³/mol. The van der Waals surface area contributed by atoms with Crippen molar-refractivity contribution < 1.29 is 24.5 Å². The summed E-state index contributed by atoms with van der Waals surface area (Å²) in [5.41, 5.74) is -0.257. The van der Waals surface area contributed by atoms with Crippen LogP contribution >= 0.6 is 0 Å². The molecule has 2 N–H and O–H groups in total. The van der Waals surface area contributed by atoms with E-state index in [9.17, 15) is 14.7 Å². The van der Waals surface area contributed by atoms with Gasteiger partial charge in [-0.15, -0.1) is 0 Å². The number of carbonyl (C=O) groups excluding carboxylic acids is 1. The Morgan fingerprint density at radius 1 is 1.29 bits per heavy atom. The van der Waals surface area contributed by atoms with Gasteiger partial charge in [0, 0.05) is 0 Å². The Kier molecular flexibility index (Phi) is 4.12. The molecule has 0 radical (unpaired) electrons. The summed E-state index contributed by atoms with van der Waals surface area (Å²) < 4.78 is 5.14. The van der Waals surface area contributed by atoms with E-state index in [2.05, 4.69) is 0 Å². The smallest absolute Gasteiger partial charge is 0.335 e. The highest BCUT2D eigenvalue weighted by Crippen LogP contribution is 2.36. The summed E-state index contributed by atoms with van der Waals surface area (Å²) in [5.74, 6) is -1.37. The van der Waals surface area contributed by atoms with Crippen molar-refractivity contribution in [2.24, 2.45) is 0 Å². The summed E-state index contributed by atoms with van der Waals surface area (Å²) in [6, 6.07) is 6.24. The van der Waals surface area contributed by atoms with Crippen LogP contribution in [0, 0.1) is 0 Å². The summed E-state index contributed by atoms with van der Waals surface area (Å²) in [6.07, 6.45) is 4.68. The van der Waals surface area contributed by atoms with Crippen molar-refractivity contribution in [3.63, 3.8) is 0 Å². The monoisotopic (exact) mass is 288 g/mol. The number of carboxylic acids is 1. The van der Waals surface area contributed by atoms with E-state index in [-0.39, 0.29) is 24.4 Å². The zero-order valence-corrected chi connectivity index (χ0v) is 11.6. The maximum atomic E-state index is 12.4. The fraction of sp³-hybridized carbons (Fsp3) is 0.250. The Labute approximate surface area is 122 Å². The first kappa shape index (κ1) is 14.8. The zero-order chi connectivity index (χ0) is 15.5. The minimum Gasteiger partial charge on any atom is -0.508 e. The maximum absolute atomic E-state index is 12.4. The molecule has 5 heteroatoms. The van der Waals surface area contributed by atoms with E-state index in [0.717, 1.165) is 0 Å². The SMILES string of the molecule is CCOC(=O)C1(c2ccc(O)cc2)C=CC(C(=O)O)=CC1. The number of ether oxygens (including phenoxy) is 1. The Morgan fingerprint density at radius 3 is 2.43 bits per heavy atom. The third kappa shape index (κ3) is 2.81. The van der Waals surface area contributed by atoms with Crippen LogP contribution in [-0.2, 0) is 19.7 Å². The van der Waals surface area contributed by atoms with Gasteiger partial charge in [0.2, 0.25) is 0 Å². The summed E-state index contributed by atoms with van der Waals surface area (Å²) in [5, 5.41) is 18.4. The molecule has 0 saturated heterocycles. The molecule has 1 aromatic carbocycles. The molecule has 2 rings (SSSR count). The number of hydrogen-bond acceptors (Lipinski definition) is 4. The summed E-state index contributed by atoms with van der Waals surface area (Å²) in [7, 11) is 0. The molecule has 21 heavy (non-hydrogen) atoms. The molecule has 0 fully saturated rings. The minimum absolute atomic E-state index is 0.0966. The first-order chi connectivity index (χ1) is 9.99. The van der Waals surface area contributed by atoms with E-state index >= 15 is 0 Å². The number of hydrogen-bond donors (Lipinski definition) is 2. The van der Waals surface area contributed by atoms with E-state index in [4.69, 9.17) is 9.84 Å². The lowest BCUT2D eigenvalue weighted by Crippen LogP contribution is -2.36. The van der Waals surface area contributed by atoms with Gasteiger partial charge in [0.25, 0.3) is 0 Å². The lowest BCUT2D eigenvalue weighted by molar-refractivity contribution is -0.148. The van der Waals surface area contributed by atoms with Crippen LogP contribution in [0.4, 0.5) is 0 Å². The van der Waals surface area contributed by atoms with Crippen LogP contribution in [0.3, 0.4) is 0 Å². The molecular formula is C16H16O5. The molecule has 1 aliphatic rings. The Balaban J connectivity index is 2.43. The van der Waals surface area contributed by atoms with Crippen LogP contribution in [0.1, 0.15) is 18.9 Å². The fourth-order valence-electron chi connectivity index (χ4n) is 2.30. The highest BCUT2D eigenvalue weighted by atomic mass is 16.5. The van der Waals surface area contributed by atoms with Gasteiger partial charge in [0.1, 0.15) is 11.2 Å². The zero-order valence-electron chi connectivity index (χ0n) is 11.6. The number of allylic oxidation sites excluding steroid dienone is 1. The largest absolute Gasteiger partial charge is 0.508 e. The molecule has 0 spiro atoms. The molecule has 1 aliphatic carbocycles. The van der Waals surface area contributed by atoms with Crippen LogP contribution < -0.4 is 0 Å². The number of benzene rings is 1. The number of carboxylic acid groups (broad SMARTS) is 1. The second kappa shape index (κ2) is 5.83. The maximum Gasteiger partial charge on any atom is 0.335 e. The third-order valence-corrected chi connectivity index (χ3v) is 3.46. The highest BCUT2D eigenvalue weighted by molar-refractivity contribution is 5.93. The summed E-state index contributed by atoms with van der Waals surface area (Å²) in [6.45, 7) is 1.95. The second-order valence-electron chi connectivity index (χ2n) is 4.74. The average molecular weight is 288 g/mol. The minimum atomic E-state index is -1.05. The fourth-order valence-corrected chi connectivity index (χ4v) is 2.30. The Bertz CT molecular complexity index is 612. The van der Waals surface area contributed by atoms with Crippen LogP contribution in [0.25, 0.3) is 0 Å². The molecule has 0 saturated carbocycles. The van der Waals surface area contributed by atoms with E-state index < -0.39 is 17.4 Å². The molecule has 1 aromatic rings. The topological polar surface area (TPSA) is 83.8 Å². The van der Waals surface area contributed by atoms with E-state index in [1.807, 2.05) is 0 Å². The van der Waals surface area contributed by atoms with Gasteiger partial charge in [0.05, 0.1) is 12.2 Å². The van der Waals surface area contributed by atoms with Crippen LogP contribution in [-0.4, -0.2) is 28.8 Å². The first-order valence-corrected chi connectivity index (χ1v) is 6.59. The number of esters is 1. The van der Waals surface area contributed by atoms with Crippen molar-refractivity contribution >= 4 is 11.9 Å². The lowest BCUT2D eigenvalue weighted by atomic mass is 9.74. The van der Waals surface area contributed by atoms with Gasteiger partial charge in [-0.05, 0) is 31.0 Å². The normalized spacial score (nSPS) is 20.7. The van der Waals surface area contributed by atoms with Gasteiger partial charge in [-0.25, -0.2) is 4.79 Å². The quantitative estimate of drug-likeness (QED) is 0.829. The van der Waals surface area contributed by atoms with E-state index in [1.165, 1.54) is 24.3 Å². The van der Waals surface area contributed by atoms with Crippen molar-refractivity contribution in [3.05, 3.63) is 53.6 Å². The standard InChI is InChI=1S/C16H16O5/c1-2-21-15(20)16(12-3-5-13(17)6-4-12)9-7-11(8-10-16)14(18)19/h3-9,17H,2,10H2,1H3,(H,18,19). The molecule has 110 valence electrons. The number of rotatable bonds is 4.